The van der Waals surface area contributed by atoms with Crippen LogP contribution in [-0.4, -0.2) is 27.2 Å². The van der Waals surface area contributed by atoms with Crippen LogP contribution in [0.4, 0.5) is 0 Å². The number of rotatable bonds is 6. The summed E-state index contributed by atoms with van der Waals surface area (Å²) in [6.07, 6.45) is 1.73. The van der Waals surface area contributed by atoms with Crippen LogP contribution in [0.25, 0.3) is 22.7 Å². The first-order valence-electron chi connectivity index (χ1n) is 8.67. The molecule has 0 unspecified atom stereocenters. The van der Waals surface area contributed by atoms with Gasteiger partial charge in [-0.3, -0.25) is 0 Å². The van der Waals surface area contributed by atoms with E-state index >= 15 is 0 Å². The molecule has 4 aromatic rings. The number of ether oxygens (including phenoxy) is 1. The zero-order valence-electron chi connectivity index (χ0n) is 15.4. The van der Waals surface area contributed by atoms with Crippen molar-refractivity contribution in [2.45, 2.75) is 10.9 Å². The van der Waals surface area contributed by atoms with E-state index in [0.717, 1.165) is 27.4 Å². The number of aromatic amines is 1. The number of nitrogens with zero attached hydrogens (tertiary/aromatic N) is 3. The van der Waals surface area contributed by atoms with Crippen molar-refractivity contribution in [3.05, 3.63) is 64.1 Å². The van der Waals surface area contributed by atoms with Gasteiger partial charge in [-0.15, -0.1) is 11.3 Å². The van der Waals surface area contributed by atoms with E-state index in [1.54, 1.807) is 30.0 Å². The Balaban J connectivity index is 1.50. The summed E-state index contributed by atoms with van der Waals surface area (Å²) in [5, 5.41) is 22.7. The summed E-state index contributed by atoms with van der Waals surface area (Å²) in [7, 11) is 1.49. The second kappa shape index (κ2) is 8.39. The largest absolute Gasteiger partial charge is 0.504 e. The third kappa shape index (κ3) is 4.26. The van der Waals surface area contributed by atoms with Gasteiger partial charge >= 0.3 is 0 Å². The van der Waals surface area contributed by atoms with E-state index in [9.17, 15) is 10.4 Å². The van der Waals surface area contributed by atoms with Crippen LogP contribution in [0.5, 0.6) is 11.5 Å². The Morgan fingerprint density at radius 1 is 1.31 bits per heavy atom. The molecule has 0 bridgehead atoms. The molecule has 0 saturated carbocycles. The number of nitriles is 1. The average molecular weight is 421 g/mol. The summed E-state index contributed by atoms with van der Waals surface area (Å²) in [4.78, 5) is 12.4. The van der Waals surface area contributed by atoms with Gasteiger partial charge in [0.15, 0.2) is 16.7 Å². The number of fused-ring (bicyclic) bond motifs is 1. The summed E-state index contributed by atoms with van der Waals surface area (Å²) >= 11 is 3.00. The topological polar surface area (TPSA) is 94.8 Å². The van der Waals surface area contributed by atoms with Crippen LogP contribution in [0.3, 0.4) is 0 Å². The molecule has 0 spiro atoms. The number of thioether (sulfide) groups is 1. The Labute approximate surface area is 175 Å². The van der Waals surface area contributed by atoms with Crippen molar-refractivity contribution < 1.29 is 9.84 Å². The summed E-state index contributed by atoms with van der Waals surface area (Å²) in [6, 6.07) is 15.0. The first-order chi connectivity index (χ1) is 14.2. The molecule has 6 nitrogen and oxygen atoms in total. The van der Waals surface area contributed by atoms with E-state index in [2.05, 4.69) is 21.0 Å². The summed E-state index contributed by atoms with van der Waals surface area (Å²) in [5.74, 6) is 1.07. The molecule has 29 heavy (non-hydrogen) atoms. The van der Waals surface area contributed by atoms with Crippen LogP contribution in [0.1, 0.15) is 16.3 Å². The molecule has 0 aliphatic heterocycles. The summed E-state index contributed by atoms with van der Waals surface area (Å²) in [5.41, 5.74) is 4.05. The van der Waals surface area contributed by atoms with Gasteiger partial charge in [0.05, 0.1) is 29.4 Å². The lowest BCUT2D eigenvalue weighted by molar-refractivity contribution is 0.373. The molecule has 8 heteroatoms. The number of phenols is 1. The molecule has 0 amide bonds. The number of nitrogens with one attached hydrogen (secondary N) is 1. The Morgan fingerprint density at radius 2 is 2.17 bits per heavy atom. The van der Waals surface area contributed by atoms with Crippen LogP contribution in [-0.2, 0) is 5.75 Å². The Bertz CT molecular complexity index is 1200. The molecule has 0 fully saturated rings. The quantitative estimate of drug-likeness (QED) is 0.333. The fraction of sp³-hybridized carbons (Fsp3) is 0.0952. The lowest BCUT2D eigenvalue weighted by Crippen LogP contribution is -1.87. The number of methoxy groups -OCH3 is 1. The maximum Gasteiger partial charge on any atom is 0.166 e. The van der Waals surface area contributed by atoms with Crippen LogP contribution in [0.15, 0.2) is 53.0 Å². The third-order valence-electron chi connectivity index (χ3n) is 4.14. The number of H-pyrrole nitrogens is 1. The minimum atomic E-state index is 0.0577. The number of hydrogen-bond donors (Lipinski definition) is 2. The van der Waals surface area contributed by atoms with E-state index in [-0.39, 0.29) is 5.75 Å². The van der Waals surface area contributed by atoms with E-state index in [1.165, 1.54) is 24.5 Å². The smallest absolute Gasteiger partial charge is 0.166 e. The van der Waals surface area contributed by atoms with E-state index < -0.39 is 0 Å². The maximum atomic E-state index is 9.71. The van der Waals surface area contributed by atoms with Gasteiger partial charge in [0.1, 0.15) is 11.1 Å². The Hall–Kier alpha value is -3.28. The molecule has 144 valence electrons. The predicted molar refractivity (Wildman–Crippen MR) is 116 cm³/mol. The fourth-order valence-corrected chi connectivity index (χ4v) is 4.40. The number of imidazole rings is 1. The van der Waals surface area contributed by atoms with Crippen molar-refractivity contribution in [3.8, 4) is 17.6 Å². The summed E-state index contributed by atoms with van der Waals surface area (Å²) in [6.45, 7) is 0. The highest BCUT2D eigenvalue weighted by Gasteiger charge is 2.10. The highest BCUT2D eigenvalue weighted by atomic mass is 32.2. The maximum absolute atomic E-state index is 9.71. The standard InChI is InChI=1S/C21H16N4O2S2/c1-27-19-9-13(6-7-18(19)26)8-14(10-22)20-23-15(11-28-20)12-29-21-24-16-4-2-3-5-17(16)25-21/h2-9,11,26H,12H2,1H3,(H,24,25)/b14-8+. The third-order valence-corrected chi connectivity index (χ3v) is 5.97. The Morgan fingerprint density at radius 3 is 2.97 bits per heavy atom. The molecule has 0 radical (unpaired) electrons. The van der Waals surface area contributed by atoms with Crippen molar-refractivity contribution in [2.24, 2.45) is 0 Å². The number of thiazole rings is 1. The van der Waals surface area contributed by atoms with Gasteiger partial charge in [0.25, 0.3) is 0 Å². The second-order valence-electron chi connectivity index (χ2n) is 6.09. The number of hydrogen-bond acceptors (Lipinski definition) is 7. The van der Waals surface area contributed by atoms with E-state index in [4.69, 9.17) is 4.74 Å². The zero-order valence-corrected chi connectivity index (χ0v) is 17.0. The molecule has 0 saturated heterocycles. The fourth-order valence-electron chi connectivity index (χ4n) is 2.73. The highest BCUT2D eigenvalue weighted by molar-refractivity contribution is 7.98. The molecule has 2 heterocycles. The van der Waals surface area contributed by atoms with Crippen molar-refractivity contribution in [3.63, 3.8) is 0 Å². The van der Waals surface area contributed by atoms with Gasteiger partial charge < -0.3 is 14.8 Å². The lowest BCUT2D eigenvalue weighted by atomic mass is 10.1. The molecule has 0 aliphatic carbocycles. The average Bonchev–Trinajstić information content (AvgIpc) is 3.38. The SMILES string of the molecule is COc1cc(/C=C(\C#N)c2nc(CSc3nc4ccccc4[nH]3)cs2)ccc1O. The number of phenolic OH excluding ortho intramolecular Hbond substituents is 1. The second-order valence-corrected chi connectivity index (χ2v) is 7.92. The number of para-hydroxylation sites is 2. The zero-order chi connectivity index (χ0) is 20.2. The first kappa shape index (κ1) is 19.1. The minimum Gasteiger partial charge on any atom is -0.504 e. The molecule has 0 atom stereocenters. The van der Waals surface area contributed by atoms with Gasteiger partial charge in [-0.05, 0) is 35.9 Å². The predicted octanol–water partition coefficient (Wildman–Crippen LogP) is 5.09. The van der Waals surface area contributed by atoms with Crippen LogP contribution < -0.4 is 4.74 Å². The summed E-state index contributed by atoms with van der Waals surface area (Å²) < 4.78 is 5.12. The molecule has 2 aromatic carbocycles. The van der Waals surface area contributed by atoms with Crippen molar-refractivity contribution in [1.82, 2.24) is 15.0 Å². The monoisotopic (exact) mass is 420 g/mol. The van der Waals surface area contributed by atoms with Crippen LogP contribution in [0.2, 0.25) is 0 Å². The lowest BCUT2D eigenvalue weighted by Gasteiger charge is -2.04. The number of aromatic hydroxyl groups is 1. The Kier molecular flexibility index (Phi) is 5.51. The van der Waals surface area contributed by atoms with Gasteiger partial charge in [-0.2, -0.15) is 5.26 Å². The molecular weight excluding hydrogens is 404 g/mol. The molecule has 2 aromatic heterocycles. The molecule has 4 rings (SSSR count). The van der Waals surface area contributed by atoms with E-state index in [0.29, 0.717) is 22.1 Å². The number of allylic oxidation sites excluding steroid dienone is 1. The molecule has 0 aliphatic rings. The van der Waals surface area contributed by atoms with Gasteiger partial charge in [-0.25, -0.2) is 9.97 Å². The first-order valence-corrected chi connectivity index (χ1v) is 10.5. The van der Waals surface area contributed by atoms with Crippen molar-refractivity contribution >= 4 is 45.8 Å². The normalized spacial score (nSPS) is 11.5. The van der Waals surface area contributed by atoms with Gasteiger partial charge in [-0.1, -0.05) is 30.0 Å². The number of aromatic nitrogens is 3. The van der Waals surface area contributed by atoms with E-state index in [1.807, 2.05) is 29.6 Å². The van der Waals surface area contributed by atoms with Crippen molar-refractivity contribution in [1.29, 1.82) is 5.26 Å². The van der Waals surface area contributed by atoms with Gasteiger partial charge in [0, 0.05) is 11.1 Å². The van der Waals surface area contributed by atoms with Crippen molar-refractivity contribution in [2.75, 3.05) is 7.11 Å². The number of benzene rings is 2. The minimum absolute atomic E-state index is 0.0577. The van der Waals surface area contributed by atoms with Gasteiger partial charge in [0.2, 0.25) is 0 Å². The van der Waals surface area contributed by atoms with Crippen LogP contribution >= 0.6 is 23.1 Å². The highest BCUT2D eigenvalue weighted by Crippen LogP contribution is 2.30. The molecular formula is C21H16N4O2S2. The molecule has 2 N–H and O–H groups in total. The van der Waals surface area contributed by atoms with Crippen LogP contribution in [0, 0.1) is 11.3 Å².